The van der Waals surface area contributed by atoms with Crippen LogP contribution < -0.4 is 5.56 Å². The van der Waals surface area contributed by atoms with Crippen LogP contribution in [0.3, 0.4) is 0 Å². The number of aromatic amines is 1. The van der Waals surface area contributed by atoms with Crippen molar-refractivity contribution in [2.24, 2.45) is 5.92 Å². The molecule has 8 heteroatoms. The lowest BCUT2D eigenvalue weighted by Crippen LogP contribution is -2.44. The highest BCUT2D eigenvalue weighted by Crippen LogP contribution is 2.36. The Hall–Kier alpha value is -1.85. The van der Waals surface area contributed by atoms with Gasteiger partial charge in [0, 0.05) is 11.9 Å². The number of thiophene rings is 1. The third-order valence-electron chi connectivity index (χ3n) is 4.96. The van der Waals surface area contributed by atoms with Crippen molar-refractivity contribution in [3.8, 4) is 6.07 Å². The fourth-order valence-electron chi connectivity index (χ4n) is 3.01. The predicted octanol–water partition coefficient (Wildman–Crippen LogP) is 2.96. The Morgan fingerprint density at radius 2 is 2.27 bits per heavy atom. The molecule has 138 valence electrons. The number of H-pyrrole nitrogens is 1. The average molecular weight is 391 g/mol. The first kappa shape index (κ1) is 18.9. The number of aryl methyl sites for hydroxylation is 1. The number of thioether (sulfide) groups is 1. The Balaban J connectivity index is 1.81. The zero-order chi connectivity index (χ0) is 19.1. The Labute approximate surface area is 160 Å². The molecular formula is C18H22N4O2S2. The van der Waals surface area contributed by atoms with Crippen molar-refractivity contribution in [2.75, 3.05) is 12.8 Å². The van der Waals surface area contributed by atoms with E-state index in [-0.39, 0.29) is 17.2 Å². The summed E-state index contributed by atoms with van der Waals surface area (Å²) in [6.07, 6.45) is 3.04. The van der Waals surface area contributed by atoms with Gasteiger partial charge in [0.1, 0.15) is 10.4 Å². The molecule has 0 spiro atoms. The third-order valence-corrected chi connectivity index (χ3v) is 6.97. The standard InChI is InChI=1S/C18H22N4O2S2/c1-10-5-6-11-12(7-10)26-16-14(11)15(24)20-17(21-16)25-8-13(23)22(4)18(2,3)9-19/h10H,5-8H2,1-4H3,(H,20,21,24)/t10-/m0/s1. The lowest BCUT2D eigenvalue weighted by Gasteiger charge is -2.28. The minimum atomic E-state index is -0.869. The Bertz CT molecular complexity index is 954. The molecule has 1 aliphatic carbocycles. The summed E-state index contributed by atoms with van der Waals surface area (Å²) in [5.74, 6) is 0.585. The van der Waals surface area contributed by atoms with Crippen molar-refractivity contribution in [2.45, 2.75) is 50.7 Å². The summed E-state index contributed by atoms with van der Waals surface area (Å²) in [6, 6.07) is 2.11. The van der Waals surface area contributed by atoms with Gasteiger partial charge in [-0.2, -0.15) is 5.26 Å². The van der Waals surface area contributed by atoms with Crippen LogP contribution in [0, 0.1) is 17.2 Å². The first-order chi connectivity index (χ1) is 12.2. The van der Waals surface area contributed by atoms with Gasteiger partial charge in [-0.3, -0.25) is 9.59 Å². The number of nitrogens with one attached hydrogen (secondary N) is 1. The minimum Gasteiger partial charge on any atom is -0.327 e. The van der Waals surface area contributed by atoms with Gasteiger partial charge in [0.05, 0.1) is 17.2 Å². The molecule has 1 atom stereocenters. The summed E-state index contributed by atoms with van der Waals surface area (Å²) in [4.78, 5) is 35.7. The maximum atomic E-state index is 12.6. The Morgan fingerprint density at radius 3 is 2.96 bits per heavy atom. The molecule has 26 heavy (non-hydrogen) atoms. The van der Waals surface area contributed by atoms with Crippen LogP contribution in [-0.4, -0.2) is 39.1 Å². The first-order valence-electron chi connectivity index (χ1n) is 8.58. The van der Waals surface area contributed by atoms with E-state index in [1.807, 2.05) is 0 Å². The van der Waals surface area contributed by atoms with Gasteiger partial charge in [0.25, 0.3) is 5.56 Å². The average Bonchev–Trinajstić information content (AvgIpc) is 2.96. The van der Waals surface area contributed by atoms with Gasteiger partial charge in [0.2, 0.25) is 5.91 Å². The summed E-state index contributed by atoms with van der Waals surface area (Å²) < 4.78 is 0. The molecule has 0 fully saturated rings. The molecule has 6 nitrogen and oxygen atoms in total. The summed E-state index contributed by atoms with van der Waals surface area (Å²) in [7, 11) is 1.61. The van der Waals surface area contributed by atoms with Gasteiger partial charge >= 0.3 is 0 Å². The lowest BCUT2D eigenvalue weighted by molar-refractivity contribution is -0.130. The number of hydrogen-bond acceptors (Lipinski definition) is 6. The lowest BCUT2D eigenvalue weighted by atomic mass is 9.89. The second-order valence-electron chi connectivity index (χ2n) is 7.32. The number of carbonyl (C=O) groups is 1. The van der Waals surface area contributed by atoms with E-state index in [2.05, 4.69) is 23.0 Å². The van der Waals surface area contributed by atoms with Crippen molar-refractivity contribution >= 4 is 39.2 Å². The van der Waals surface area contributed by atoms with E-state index in [1.54, 1.807) is 32.2 Å². The minimum absolute atomic E-state index is 0.122. The van der Waals surface area contributed by atoms with Gasteiger partial charge in [-0.05, 0) is 44.6 Å². The van der Waals surface area contributed by atoms with E-state index in [0.717, 1.165) is 35.0 Å². The molecule has 0 saturated heterocycles. The van der Waals surface area contributed by atoms with Crippen LogP contribution in [0.2, 0.25) is 0 Å². The van der Waals surface area contributed by atoms with Crippen molar-refractivity contribution < 1.29 is 4.79 Å². The van der Waals surface area contributed by atoms with Crippen LogP contribution in [0.1, 0.15) is 37.6 Å². The molecule has 2 heterocycles. The van der Waals surface area contributed by atoms with Crippen molar-refractivity contribution in [1.82, 2.24) is 14.9 Å². The quantitative estimate of drug-likeness (QED) is 0.640. The van der Waals surface area contributed by atoms with Gasteiger partial charge in [-0.15, -0.1) is 11.3 Å². The topological polar surface area (TPSA) is 89.8 Å². The second-order valence-corrected chi connectivity index (χ2v) is 9.36. The first-order valence-corrected chi connectivity index (χ1v) is 10.4. The second kappa shape index (κ2) is 7.05. The molecule has 0 unspecified atom stereocenters. The predicted molar refractivity (Wildman–Crippen MR) is 105 cm³/mol. The number of nitrogens with zero attached hydrogens (tertiary/aromatic N) is 3. The zero-order valence-electron chi connectivity index (χ0n) is 15.4. The van der Waals surface area contributed by atoms with Crippen molar-refractivity contribution in [3.63, 3.8) is 0 Å². The molecular weight excluding hydrogens is 368 g/mol. The summed E-state index contributed by atoms with van der Waals surface area (Å²) in [6.45, 7) is 5.62. The number of nitriles is 1. The smallest absolute Gasteiger partial charge is 0.260 e. The maximum Gasteiger partial charge on any atom is 0.260 e. The molecule has 2 aromatic rings. The number of carbonyl (C=O) groups excluding carboxylic acids is 1. The third kappa shape index (κ3) is 3.51. The van der Waals surface area contributed by atoms with Crippen LogP contribution in [0.5, 0.6) is 0 Å². The monoisotopic (exact) mass is 390 g/mol. The zero-order valence-corrected chi connectivity index (χ0v) is 17.0. The number of rotatable bonds is 4. The van der Waals surface area contributed by atoms with Crippen molar-refractivity contribution in [3.05, 3.63) is 20.8 Å². The molecule has 0 aromatic carbocycles. The molecule has 0 bridgehead atoms. The molecule has 3 rings (SSSR count). The highest BCUT2D eigenvalue weighted by molar-refractivity contribution is 7.99. The highest BCUT2D eigenvalue weighted by Gasteiger charge is 2.27. The van der Waals surface area contributed by atoms with E-state index in [9.17, 15) is 9.59 Å². The molecule has 2 aromatic heterocycles. The molecule has 0 aliphatic heterocycles. The number of amides is 1. The van der Waals surface area contributed by atoms with E-state index in [0.29, 0.717) is 11.1 Å². The number of fused-ring (bicyclic) bond motifs is 3. The van der Waals surface area contributed by atoms with Crippen LogP contribution in [0.4, 0.5) is 0 Å². The summed E-state index contributed by atoms with van der Waals surface area (Å²) >= 11 is 2.80. The van der Waals surface area contributed by atoms with E-state index < -0.39 is 5.54 Å². The van der Waals surface area contributed by atoms with Crippen LogP contribution in [0.15, 0.2) is 9.95 Å². The SMILES string of the molecule is C[C@H]1CCc2c(sc3nc(SCC(=O)N(C)C(C)(C)C#N)[nH]c(=O)c23)C1. The highest BCUT2D eigenvalue weighted by atomic mass is 32.2. The molecule has 1 amide bonds. The fourth-order valence-corrected chi connectivity index (χ4v) is 5.23. The van der Waals surface area contributed by atoms with E-state index in [1.165, 1.54) is 21.5 Å². The van der Waals surface area contributed by atoms with Crippen LogP contribution >= 0.6 is 23.1 Å². The number of aromatic nitrogens is 2. The number of hydrogen-bond donors (Lipinski definition) is 1. The Morgan fingerprint density at radius 1 is 1.54 bits per heavy atom. The Kier molecular flexibility index (Phi) is 5.13. The molecule has 1 N–H and O–H groups in total. The normalized spacial score (nSPS) is 17.0. The summed E-state index contributed by atoms with van der Waals surface area (Å²) in [5.41, 5.74) is 0.161. The van der Waals surface area contributed by atoms with Gasteiger partial charge < -0.3 is 9.88 Å². The van der Waals surface area contributed by atoms with Gasteiger partial charge in [-0.25, -0.2) is 4.98 Å². The molecule has 1 aliphatic rings. The molecule has 0 saturated carbocycles. The fraction of sp³-hybridized carbons (Fsp3) is 0.556. The van der Waals surface area contributed by atoms with Crippen LogP contribution in [-0.2, 0) is 17.6 Å². The van der Waals surface area contributed by atoms with Crippen LogP contribution in [0.25, 0.3) is 10.2 Å². The van der Waals surface area contributed by atoms with Gasteiger partial charge in [0.15, 0.2) is 5.16 Å². The summed E-state index contributed by atoms with van der Waals surface area (Å²) in [5, 5.41) is 10.3. The maximum absolute atomic E-state index is 12.6. The van der Waals surface area contributed by atoms with E-state index >= 15 is 0 Å². The largest absolute Gasteiger partial charge is 0.327 e. The van der Waals surface area contributed by atoms with Gasteiger partial charge in [-0.1, -0.05) is 18.7 Å². The molecule has 0 radical (unpaired) electrons. The van der Waals surface area contributed by atoms with E-state index in [4.69, 9.17) is 5.26 Å². The van der Waals surface area contributed by atoms with Crippen molar-refractivity contribution in [1.29, 1.82) is 5.26 Å².